The highest BCUT2D eigenvalue weighted by molar-refractivity contribution is 5.88. The lowest BCUT2D eigenvalue weighted by Gasteiger charge is -2.63. The third-order valence-corrected chi connectivity index (χ3v) is 14.2. The van der Waals surface area contributed by atoms with Crippen molar-refractivity contribution in [1.82, 2.24) is 0 Å². The third-order valence-electron chi connectivity index (χ3n) is 14.2. The highest BCUT2D eigenvalue weighted by atomic mass is 16.6. The molecule has 0 radical (unpaired) electrons. The lowest BCUT2D eigenvalue weighted by atomic mass is 9.42. The summed E-state index contributed by atoms with van der Waals surface area (Å²) >= 11 is 0. The smallest absolute Gasteiger partial charge is 0.306 e. The molecule has 7 rings (SSSR count). The van der Waals surface area contributed by atoms with Crippen molar-refractivity contribution < 1.29 is 48.7 Å². The molecule has 0 aromatic carbocycles. The van der Waals surface area contributed by atoms with Gasteiger partial charge in [-0.25, -0.2) is 0 Å². The van der Waals surface area contributed by atoms with Crippen LogP contribution in [0.25, 0.3) is 0 Å². The number of carbonyl (C=O) groups excluding carboxylic acids is 3. The molecule has 0 bridgehead atoms. The Labute approximate surface area is 270 Å². The number of Topliss-reactive ketones (excluding diaryl/α,β-unsaturated/α-hetero) is 1. The van der Waals surface area contributed by atoms with Crippen molar-refractivity contribution in [2.24, 2.45) is 63.6 Å². The third kappa shape index (κ3) is 3.81. The minimum Gasteiger partial charge on any atom is -0.463 e. The molecule has 17 atom stereocenters. The zero-order valence-electron chi connectivity index (χ0n) is 28.2. The highest BCUT2D eigenvalue weighted by Crippen LogP contribution is 2.75. The topological polar surface area (TPSA) is 152 Å². The van der Waals surface area contributed by atoms with E-state index in [2.05, 4.69) is 6.58 Å². The number of hydrogen-bond donors (Lipinski definition) is 3. The molecule has 4 saturated carbocycles. The van der Waals surface area contributed by atoms with Crippen LogP contribution in [0.2, 0.25) is 0 Å². The number of fused-ring (bicyclic) bond motifs is 10. The molecule has 10 nitrogen and oxygen atoms in total. The molecule has 3 N–H and O–H groups in total. The van der Waals surface area contributed by atoms with Crippen molar-refractivity contribution in [2.45, 2.75) is 117 Å². The first-order chi connectivity index (χ1) is 21.3. The number of aliphatic hydroxyl groups is 3. The Morgan fingerprint density at radius 2 is 1.74 bits per heavy atom. The molecular formula is C36H50O10. The number of esters is 2. The van der Waals surface area contributed by atoms with Gasteiger partial charge in [-0.1, -0.05) is 41.2 Å². The van der Waals surface area contributed by atoms with Gasteiger partial charge < -0.3 is 34.3 Å². The Morgan fingerprint density at radius 1 is 1.07 bits per heavy atom. The normalized spacial score (nSPS) is 54.7. The monoisotopic (exact) mass is 642 g/mol. The van der Waals surface area contributed by atoms with Gasteiger partial charge in [0.1, 0.15) is 41.5 Å². The van der Waals surface area contributed by atoms with E-state index in [9.17, 15) is 29.7 Å². The summed E-state index contributed by atoms with van der Waals surface area (Å²) in [6.45, 7) is 18.8. The quantitative estimate of drug-likeness (QED) is 0.308. The van der Waals surface area contributed by atoms with Gasteiger partial charge in [0, 0.05) is 47.8 Å². The van der Waals surface area contributed by atoms with Crippen LogP contribution in [0.3, 0.4) is 0 Å². The fourth-order valence-electron chi connectivity index (χ4n) is 12.0. The zero-order valence-corrected chi connectivity index (χ0v) is 28.2. The van der Waals surface area contributed by atoms with Gasteiger partial charge in [0.25, 0.3) is 0 Å². The molecule has 0 aromatic rings. The molecule has 7 aliphatic rings. The number of rotatable bonds is 4. The van der Waals surface area contributed by atoms with Crippen LogP contribution in [-0.4, -0.2) is 75.3 Å². The van der Waals surface area contributed by atoms with Gasteiger partial charge in [-0.15, -0.1) is 0 Å². The van der Waals surface area contributed by atoms with Crippen LogP contribution in [-0.2, 0) is 33.3 Å². The second-order valence-electron chi connectivity index (χ2n) is 16.8. The van der Waals surface area contributed by atoms with Crippen molar-refractivity contribution in [3.8, 4) is 0 Å². The first-order valence-electron chi connectivity index (χ1n) is 17.1. The molecular weight excluding hydrogens is 592 g/mol. The number of aliphatic hydroxyl groups excluding tert-OH is 2. The average Bonchev–Trinajstić information content (AvgIpc) is 3.64. The fourth-order valence-corrected chi connectivity index (χ4v) is 12.0. The maximum Gasteiger partial charge on any atom is 0.306 e. The summed E-state index contributed by atoms with van der Waals surface area (Å²) in [5.41, 5.74) is -4.41. The van der Waals surface area contributed by atoms with E-state index in [1.807, 2.05) is 47.6 Å². The van der Waals surface area contributed by atoms with Gasteiger partial charge >= 0.3 is 11.9 Å². The standard InChI is InChI=1S/C36H50O10/c1-14(2)10-23(38)46-32-31-20(45-31)12-19-28(39)29(40)24-18(33(19,32)6)13-21(44-17(5)37)34(7)25-15(3)11-22-35(8,27(25)30(41)26(24)34)36(9,42)16(4)43-22/h11,14-15,18-21,24-27,29-32,40-42H,4,10,12-13H2,1-3,5-9H3/t15-,18+,19?,20+,21+,24-,25+,26-,27+,29-,30-,31+,32+,33-,34-,35+,36-/m1/s1. The van der Waals surface area contributed by atoms with E-state index in [0.29, 0.717) is 18.6 Å². The SMILES string of the molecule is C=C1OC2=C[C@@H](C)[C@H]3[C@@H]([C@H](O)[C@H]4[C@@H]5[C@@H](O)C(=O)C6C[C@@H]7O[C@@H]7[C@H](OC(=O)CC(C)C)[C@]6(C)[C@H]5C[C@H](OC(C)=O)[C@]34C)[C@@]2(C)[C@]1(C)O. The molecule has 5 aliphatic carbocycles. The lowest BCUT2D eigenvalue weighted by molar-refractivity contribution is -0.233. The maximum atomic E-state index is 14.3. The Bertz CT molecular complexity index is 1420. The molecule has 46 heavy (non-hydrogen) atoms. The van der Waals surface area contributed by atoms with Crippen LogP contribution in [0.15, 0.2) is 24.2 Å². The summed E-state index contributed by atoms with van der Waals surface area (Å²) < 4.78 is 24.5. The second kappa shape index (κ2) is 9.89. The predicted molar refractivity (Wildman–Crippen MR) is 163 cm³/mol. The van der Waals surface area contributed by atoms with Gasteiger partial charge in [0.05, 0.1) is 17.6 Å². The minimum absolute atomic E-state index is 0.0774. The molecule has 0 amide bonds. The number of epoxide rings is 1. The number of ether oxygens (including phenoxy) is 4. The second-order valence-corrected chi connectivity index (χ2v) is 16.8. The number of carbonyl (C=O) groups is 3. The minimum atomic E-state index is -1.52. The number of allylic oxidation sites excluding steroid dienone is 1. The summed E-state index contributed by atoms with van der Waals surface area (Å²) in [6.07, 6.45) is -1.55. The highest BCUT2D eigenvalue weighted by Gasteiger charge is 2.80. The van der Waals surface area contributed by atoms with E-state index < -0.39 is 81.8 Å². The Hall–Kier alpha value is -2.27. The number of ketones is 1. The maximum absolute atomic E-state index is 14.3. The van der Waals surface area contributed by atoms with Crippen LogP contribution in [0.4, 0.5) is 0 Å². The van der Waals surface area contributed by atoms with Crippen molar-refractivity contribution in [2.75, 3.05) is 0 Å². The molecule has 10 heteroatoms. The Morgan fingerprint density at radius 3 is 2.37 bits per heavy atom. The van der Waals surface area contributed by atoms with Gasteiger partial charge in [-0.3, -0.25) is 14.4 Å². The lowest BCUT2D eigenvalue weighted by Crippen LogP contribution is -2.70. The van der Waals surface area contributed by atoms with Crippen molar-refractivity contribution in [3.05, 3.63) is 24.2 Å². The predicted octanol–water partition coefficient (Wildman–Crippen LogP) is 3.31. The summed E-state index contributed by atoms with van der Waals surface area (Å²) in [7, 11) is 0. The van der Waals surface area contributed by atoms with E-state index in [-0.39, 0.29) is 53.9 Å². The van der Waals surface area contributed by atoms with E-state index in [1.165, 1.54) is 6.92 Å². The number of hydrogen-bond acceptors (Lipinski definition) is 10. The van der Waals surface area contributed by atoms with E-state index in [0.717, 1.165) is 0 Å². The Balaban J connectivity index is 1.39. The average molecular weight is 643 g/mol. The van der Waals surface area contributed by atoms with Crippen molar-refractivity contribution >= 4 is 17.7 Å². The molecule has 2 heterocycles. The van der Waals surface area contributed by atoms with E-state index >= 15 is 0 Å². The molecule has 2 aliphatic heterocycles. The zero-order chi connectivity index (χ0) is 33.6. The van der Waals surface area contributed by atoms with E-state index in [4.69, 9.17) is 18.9 Å². The molecule has 2 saturated heterocycles. The molecule has 6 fully saturated rings. The van der Waals surface area contributed by atoms with Crippen LogP contribution >= 0.6 is 0 Å². The van der Waals surface area contributed by atoms with Gasteiger partial charge in [0.2, 0.25) is 0 Å². The largest absolute Gasteiger partial charge is 0.463 e. The van der Waals surface area contributed by atoms with Crippen LogP contribution in [0, 0.1) is 63.6 Å². The van der Waals surface area contributed by atoms with Crippen LogP contribution < -0.4 is 0 Å². The van der Waals surface area contributed by atoms with Gasteiger partial charge in [-0.05, 0) is 56.4 Å². The Kier molecular flexibility index (Phi) is 6.94. The summed E-state index contributed by atoms with van der Waals surface area (Å²) in [4.78, 5) is 40.3. The van der Waals surface area contributed by atoms with Crippen LogP contribution in [0.1, 0.15) is 74.7 Å². The van der Waals surface area contributed by atoms with Crippen molar-refractivity contribution in [1.29, 1.82) is 0 Å². The summed E-state index contributed by atoms with van der Waals surface area (Å²) in [6, 6.07) is 0. The summed E-state index contributed by atoms with van der Waals surface area (Å²) in [5.74, 6) is -3.84. The fraction of sp³-hybridized carbons (Fsp3) is 0.806. The first kappa shape index (κ1) is 32.3. The first-order valence-corrected chi connectivity index (χ1v) is 17.1. The summed E-state index contributed by atoms with van der Waals surface area (Å²) in [5, 5.41) is 36.6. The van der Waals surface area contributed by atoms with Crippen LogP contribution in [0.5, 0.6) is 0 Å². The molecule has 0 spiro atoms. The van der Waals surface area contributed by atoms with Crippen molar-refractivity contribution in [3.63, 3.8) is 0 Å². The molecule has 0 aromatic heterocycles. The van der Waals surface area contributed by atoms with Gasteiger partial charge in [0.15, 0.2) is 5.78 Å². The molecule has 254 valence electrons. The van der Waals surface area contributed by atoms with E-state index in [1.54, 1.807) is 6.92 Å². The van der Waals surface area contributed by atoms with Gasteiger partial charge in [-0.2, -0.15) is 0 Å². The molecule has 1 unspecified atom stereocenters.